The highest BCUT2D eigenvalue weighted by molar-refractivity contribution is 5.85. The van der Waals surface area contributed by atoms with Gasteiger partial charge in [0.2, 0.25) is 0 Å². The Labute approximate surface area is 65.4 Å². The van der Waals surface area contributed by atoms with Crippen LogP contribution in [0.2, 0.25) is 0 Å². The maximum absolute atomic E-state index is 13.1. The number of alkyl halides is 1. The van der Waals surface area contributed by atoms with Gasteiger partial charge < -0.3 is 0 Å². The zero-order valence-corrected chi connectivity index (χ0v) is 6.59. The SMILES string of the molecule is CN1[C@H]2CC[C@@H]1[C@@H](F)C(=O)C2. The second kappa shape index (κ2) is 2.27. The minimum Gasteiger partial charge on any atom is -0.297 e. The van der Waals surface area contributed by atoms with E-state index in [0.717, 1.165) is 12.8 Å². The smallest absolute Gasteiger partial charge is 0.173 e. The molecule has 2 bridgehead atoms. The third kappa shape index (κ3) is 0.906. The van der Waals surface area contributed by atoms with Crippen LogP contribution in [0.25, 0.3) is 0 Å². The summed E-state index contributed by atoms with van der Waals surface area (Å²) in [5.74, 6) is -0.185. The van der Waals surface area contributed by atoms with Crippen LogP contribution in [0.3, 0.4) is 0 Å². The number of nitrogens with zero attached hydrogens (tertiary/aromatic N) is 1. The number of hydrogen-bond acceptors (Lipinski definition) is 2. The lowest BCUT2D eigenvalue weighted by atomic mass is 10.0. The van der Waals surface area contributed by atoms with Gasteiger partial charge in [-0.05, 0) is 19.9 Å². The van der Waals surface area contributed by atoms with Crippen molar-refractivity contribution in [2.24, 2.45) is 0 Å². The fourth-order valence-electron chi connectivity index (χ4n) is 2.20. The van der Waals surface area contributed by atoms with Gasteiger partial charge in [0.1, 0.15) is 0 Å². The van der Waals surface area contributed by atoms with Crippen LogP contribution in [0.4, 0.5) is 4.39 Å². The van der Waals surface area contributed by atoms with Gasteiger partial charge in [0, 0.05) is 18.5 Å². The molecule has 0 spiro atoms. The van der Waals surface area contributed by atoms with Gasteiger partial charge in [0.25, 0.3) is 0 Å². The summed E-state index contributed by atoms with van der Waals surface area (Å²) in [6.07, 6.45) is 1.06. The molecule has 2 nitrogen and oxygen atoms in total. The number of halogens is 1. The Morgan fingerprint density at radius 3 is 3.00 bits per heavy atom. The number of fused-ring (bicyclic) bond motifs is 2. The molecule has 2 heterocycles. The summed E-state index contributed by atoms with van der Waals surface area (Å²) >= 11 is 0. The van der Waals surface area contributed by atoms with E-state index in [1.807, 2.05) is 11.9 Å². The molecule has 62 valence electrons. The van der Waals surface area contributed by atoms with Crippen molar-refractivity contribution >= 4 is 5.78 Å². The molecule has 0 N–H and O–H groups in total. The number of carbonyl (C=O) groups is 1. The fraction of sp³-hybridized carbons (Fsp3) is 0.875. The Hall–Kier alpha value is -0.440. The second-order valence-electron chi connectivity index (χ2n) is 3.54. The van der Waals surface area contributed by atoms with Crippen LogP contribution in [0.5, 0.6) is 0 Å². The van der Waals surface area contributed by atoms with Crippen molar-refractivity contribution in [1.82, 2.24) is 4.90 Å². The number of rotatable bonds is 0. The van der Waals surface area contributed by atoms with Crippen LogP contribution in [0.15, 0.2) is 0 Å². The first-order chi connectivity index (χ1) is 5.20. The summed E-state index contributed by atoms with van der Waals surface area (Å²) in [6, 6.07) is 0.223. The molecule has 0 aromatic heterocycles. The quantitative estimate of drug-likeness (QED) is 0.517. The van der Waals surface area contributed by atoms with E-state index in [1.54, 1.807) is 0 Å². The first-order valence-corrected chi connectivity index (χ1v) is 4.09. The molecule has 2 saturated heterocycles. The van der Waals surface area contributed by atoms with Gasteiger partial charge in [0.05, 0.1) is 0 Å². The molecule has 2 aliphatic rings. The normalized spacial score (nSPS) is 44.9. The van der Waals surface area contributed by atoms with E-state index in [4.69, 9.17) is 0 Å². The van der Waals surface area contributed by atoms with Crippen LogP contribution in [-0.4, -0.2) is 36.0 Å². The molecule has 0 radical (unpaired) electrons. The highest BCUT2D eigenvalue weighted by Crippen LogP contribution is 2.33. The number of carbonyl (C=O) groups excluding carboxylic acids is 1. The Kier molecular flexibility index (Phi) is 1.49. The predicted octanol–water partition coefficient (Wildman–Crippen LogP) is 0.760. The Morgan fingerprint density at radius 2 is 2.27 bits per heavy atom. The minimum absolute atomic E-state index is 0.110. The number of Topliss-reactive ketones (excluding diaryl/α,β-unsaturated/α-hetero) is 1. The third-order valence-corrected chi connectivity index (χ3v) is 2.98. The monoisotopic (exact) mass is 157 g/mol. The van der Waals surface area contributed by atoms with Gasteiger partial charge in [-0.1, -0.05) is 0 Å². The van der Waals surface area contributed by atoms with E-state index >= 15 is 0 Å². The van der Waals surface area contributed by atoms with Crippen LogP contribution in [0, 0.1) is 0 Å². The molecule has 11 heavy (non-hydrogen) atoms. The maximum Gasteiger partial charge on any atom is 0.173 e. The second-order valence-corrected chi connectivity index (χ2v) is 3.54. The van der Waals surface area contributed by atoms with Crippen molar-refractivity contribution < 1.29 is 9.18 Å². The predicted molar refractivity (Wildman–Crippen MR) is 39.1 cm³/mol. The minimum atomic E-state index is -1.21. The van der Waals surface area contributed by atoms with Crippen LogP contribution >= 0.6 is 0 Å². The van der Waals surface area contributed by atoms with Crippen molar-refractivity contribution in [3.8, 4) is 0 Å². The summed E-state index contributed by atoms with van der Waals surface area (Å²) in [5, 5.41) is 0. The summed E-state index contributed by atoms with van der Waals surface area (Å²) in [6.45, 7) is 0. The number of piperidine rings is 1. The summed E-state index contributed by atoms with van der Waals surface area (Å²) in [5.41, 5.74) is 0. The molecule has 0 unspecified atom stereocenters. The van der Waals surface area contributed by atoms with Crippen LogP contribution < -0.4 is 0 Å². The van der Waals surface area contributed by atoms with Crippen molar-refractivity contribution in [1.29, 1.82) is 0 Å². The molecule has 0 aromatic rings. The molecule has 0 aliphatic carbocycles. The molecule has 2 fully saturated rings. The standard InChI is InChI=1S/C8H12FNO/c1-10-5-2-3-6(10)8(9)7(11)4-5/h5-6,8H,2-4H2,1H3/t5-,6+,8+/m0/s1. The van der Waals surface area contributed by atoms with Crippen molar-refractivity contribution in [3.05, 3.63) is 0 Å². The largest absolute Gasteiger partial charge is 0.297 e. The number of hydrogen-bond donors (Lipinski definition) is 0. The summed E-state index contributed by atoms with van der Waals surface area (Å²) < 4.78 is 13.1. The Morgan fingerprint density at radius 1 is 1.55 bits per heavy atom. The van der Waals surface area contributed by atoms with Gasteiger partial charge in [0.15, 0.2) is 12.0 Å². The summed E-state index contributed by atoms with van der Waals surface area (Å²) in [4.78, 5) is 13.0. The van der Waals surface area contributed by atoms with Gasteiger partial charge in [-0.25, -0.2) is 4.39 Å². The average Bonchev–Trinajstić information content (AvgIpc) is 2.23. The lowest BCUT2D eigenvalue weighted by Gasteiger charge is -2.32. The molecule has 0 amide bonds. The highest BCUT2D eigenvalue weighted by atomic mass is 19.1. The van der Waals surface area contributed by atoms with E-state index in [9.17, 15) is 9.18 Å². The molecular formula is C8H12FNO. The first kappa shape index (κ1) is 7.22. The van der Waals surface area contributed by atoms with E-state index in [-0.39, 0.29) is 11.8 Å². The van der Waals surface area contributed by atoms with Gasteiger partial charge in [-0.3, -0.25) is 9.69 Å². The molecule has 3 atom stereocenters. The maximum atomic E-state index is 13.1. The topological polar surface area (TPSA) is 20.3 Å². The van der Waals surface area contributed by atoms with Crippen molar-refractivity contribution in [2.75, 3.05) is 7.05 Å². The zero-order chi connectivity index (χ0) is 8.01. The molecule has 0 saturated carbocycles. The molecule has 2 aliphatic heterocycles. The first-order valence-electron chi connectivity index (χ1n) is 4.09. The number of ketones is 1. The zero-order valence-electron chi connectivity index (χ0n) is 6.59. The average molecular weight is 157 g/mol. The lowest BCUT2D eigenvalue weighted by molar-refractivity contribution is -0.130. The van der Waals surface area contributed by atoms with E-state index in [1.165, 1.54) is 0 Å². The van der Waals surface area contributed by atoms with E-state index in [0.29, 0.717) is 12.5 Å². The summed E-state index contributed by atoms with van der Waals surface area (Å²) in [7, 11) is 1.92. The van der Waals surface area contributed by atoms with Gasteiger partial charge in [-0.15, -0.1) is 0 Å². The Bertz CT molecular complexity index is 195. The van der Waals surface area contributed by atoms with Crippen LogP contribution in [-0.2, 0) is 4.79 Å². The third-order valence-electron chi connectivity index (χ3n) is 2.98. The van der Waals surface area contributed by atoms with E-state index in [2.05, 4.69) is 0 Å². The molecule has 0 aromatic carbocycles. The molecule has 3 heteroatoms. The Balaban J connectivity index is 2.22. The van der Waals surface area contributed by atoms with Crippen molar-refractivity contribution in [2.45, 2.75) is 37.5 Å². The fourth-order valence-corrected chi connectivity index (χ4v) is 2.20. The van der Waals surface area contributed by atoms with Gasteiger partial charge in [-0.2, -0.15) is 0 Å². The van der Waals surface area contributed by atoms with Crippen LogP contribution in [0.1, 0.15) is 19.3 Å². The van der Waals surface area contributed by atoms with Gasteiger partial charge >= 0.3 is 0 Å². The molecule has 2 rings (SSSR count). The molecular weight excluding hydrogens is 145 g/mol. The van der Waals surface area contributed by atoms with E-state index < -0.39 is 6.17 Å². The highest BCUT2D eigenvalue weighted by Gasteiger charge is 2.45. The van der Waals surface area contributed by atoms with Crippen molar-refractivity contribution in [3.63, 3.8) is 0 Å². The lowest BCUT2D eigenvalue weighted by Crippen LogP contribution is -2.48.